The number of rotatable bonds is 4. The van der Waals surface area contributed by atoms with E-state index in [0.717, 1.165) is 19.4 Å². The van der Waals surface area contributed by atoms with Crippen molar-refractivity contribution in [2.75, 3.05) is 19.6 Å². The maximum absolute atomic E-state index is 10.1. The monoisotopic (exact) mass is 240 g/mol. The first-order valence-corrected chi connectivity index (χ1v) is 7.43. The standard InChI is InChI=1S/C14H28N2O/c1-12(16-9-5-6-10-16)11-15-13-7-3-2-4-8-14(13)17/h12-15,17H,2-11H2,1H3. The third kappa shape index (κ3) is 3.94. The van der Waals surface area contributed by atoms with Crippen LogP contribution in [0.5, 0.6) is 0 Å². The molecular formula is C14H28N2O. The molecule has 17 heavy (non-hydrogen) atoms. The molecule has 2 aliphatic rings. The van der Waals surface area contributed by atoms with Crippen LogP contribution in [0.15, 0.2) is 0 Å². The largest absolute Gasteiger partial charge is 0.392 e. The van der Waals surface area contributed by atoms with Gasteiger partial charge in [-0.2, -0.15) is 0 Å². The minimum absolute atomic E-state index is 0.122. The molecule has 3 nitrogen and oxygen atoms in total. The number of nitrogens with one attached hydrogen (secondary N) is 1. The Morgan fingerprint density at radius 3 is 2.59 bits per heavy atom. The lowest BCUT2D eigenvalue weighted by molar-refractivity contribution is 0.114. The van der Waals surface area contributed by atoms with Crippen LogP contribution in [0.4, 0.5) is 0 Å². The number of nitrogens with zero attached hydrogens (tertiary/aromatic N) is 1. The second-order valence-electron chi connectivity index (χ2n) is 5.81. The van der Waals surface area contributed by atoms with Crippen LogP contribution in [-0.4, -0.2) is 47.8 Å². The quantitative estimate of drug-likeness (QED) is 0.735. The van der Waals surface area contributed by atoms with Crippen molar-refractivity contribution in [1.82, 2.24) is 10.2 Å². The first kappa shape index (κ1) is 13.3. The van der Waals surface area contributed by atoms with Crippen molar-refractivity contribution in [1.29, 1.82) is 0 Å². The number of aliphatic hydroxyl groups is 1. The van der Waals surface area contributed by atoms with E-state index in [1.54, 1.807) is 0 Å². The Hall–Kier alpha value is -0.120. The highest BCUT2D eigenvalue weighted by molar-refractivity contribution is 4.82. The van der Waals surface area contributed by atoms with Crippen molar-refractivity contribution in [3.8, 4) is 0 Å². The van der Waals surface area contributed by atoms with Crippen molar-refractivity contribution >= 4 is 0 Å². The second-order valence-corrected chi connectivity index (χ2v) is 5.81. The minimum Gasteiger partial charge on any atom is -0.392 e. The molecule has 1 heterocycles. The van der Waals surface area contributed by atoms with E-state index < -0.39 is 0 Å². The van der Waals surface area contributed by atoms with Gasteiger partial charge in [0.1, 0.15) is 0 Å². The minimum atomic E-state index is -0.122. The number of aliphatic hydroxyl groups excluding tert-OH is 1. The molecule has 0 aromatic carbocycles. The first-order valence-electron chi connectivity index (χ1n) is 7.43. The van der Waals surface area contributed by atoms with Crippen LogP contribution in [0.2, 0.25) is 0 Å². The zero-order chi connectivity index (χ0) is 12.1. The molecule has 0 bridgehead atoms. The third-order valence-electron chi connectivity index (χ3n) is 4.42. The fourth-order valence-electron chi connectivity index (χ4n) is 3.16. The number of hydrogen-bond donors (Lipinski definition) is 2. The third-order valence-corrected chi connectivity index (χ3v) is 4.42. The summed E-state index contributed by atoms with van der Waals surface area (Å²) in [5.41, 5.74) is 0. The molecule has 3 unspecified atom stereocenters. The fraction of sp³-hybridized carbons (Fsp3) is 1.00. The highest BCUT2D eigenvalue weighted by atomic mass is 16.3. The van der Waals surface area contributed by atoms with Gasteiger partial charge < -0.3 is 10.4 Å². The van der Waals surface area contributed by atoms with Crippen molar-refractivity contribution in [3.05, 3.63) is 0 Å². The van der Waals surface area contributed by atoms with Gasteiger partial charge in [-0.1, -0.05) is 19.3 Å². The average Bonchev–Trinajstić information content (AvgIpc) is 2.78. The molecule has 3 heteroatoms. The molecule has 0 radical (unpaired) electrons. The van der Waals surface area contributed by atoms with Gasteiger partial charge in [-0.3, -0.25) is 4.90 Å². The highest BCUT2D eigenvalue weighted by Gasteiger charge is 2.23. The topological polar surface area (TPSA) is 35.5 Å². The van der Waals surface area contributed by atoms with E-state index in [9.17, 15) is 5.11 Å². The molecule has 0 amide bonds. The van der Waals surface area contributed by atoms with Gasteiger partial charge in [-0.15, -0.1) is 0 Å². The van der Waals surface area contributed by atoms with Crippen LogP contribution < -0.4 is 5.32 Å². The van der Waals surface area contributed by atoms with Gasteiger partial charge in [0.25, 0.3) is 0 Å². The average molecular weight is 240 g/mol. The van der Waals surface area contributed by atoms with E-state index in [4.69, 9.17) is 0 Å². The highest BCUT2D eigenvalue weighted by Crippen LogP contribution is 2.18. The summed E-state index contributed by atoms with van der Waals surface area (Å²) in [5.74, 6) is 0. The van der Waals surface area contributed by atoms with Crippen molar-refractivity contribution in [2.24, 2.45) is 0 Å². The van der Waals surface area contributed by atoms with Gasteiger partial charge in [-0.25, -0.2) is 0 Å². The molecule has 1 aliphatic heterocycles. The second kappa shape index (κ2) is 6.72. The molecule has 1 aliphatic carbocycles. The molecule has 2 N–H and O–H groups in total. The molecule has 0 aromatic heterocycles. The lowest BCUT2D eigenvalue weighted by atomic mass is 10.1. The summed E-state index contributed by atoms with van der Waals surface area (Å²) in [4.78, 5) is 2.57. The lowest BCUT2D eigenvalue weighted by Gasteiger charge is -2.28. The van der Waals surface area contributed by atoms with E-state index in [0.29, 0.717) is 12.1 Å². The van der Waals surface area contributed by atoms with Crippen LogP contribution in [-0.2, 0) is 0 Å². The molecule has 2 fully saturated rings. The molecule has 0 spiro atoms. The Balaban J connectivity index is 1.71. The zero-order valence-electron chi connectivity index (χ0n) is 11.2. The van der Waals surface area contributed by atoms with Gasteiger partial charge in [0.15, 0.2) is 0 Å². The van der Waals surface area contributed by atoms with E-state index in [1.165, 1.54) is 45.2 Å². The predicted molar refractivity (Wildman–Crippen MR) is 71.2 cm³/mol. The summed E-state index contributed by atoms with van der Waals surface area (Å²) >= 11 is 0. The summed E-state index contributed by atoms with van der Waals surface area (Å²) in [7, 11) is 0. The lowest BCUT2D eigenvalue weighted by Crippen LogP contribution is -2.46. The zero-order valence-corrected chi connectivity index (χ0v) is 11.2. The Morgan fingerprint density at radius 1 is 1.12 bits per heavy atom. The van der Waals surface area contributed by atoms with Crippen LogP contribution in [0.25, 0.3) is 0 Å². The normalized spacial score (nSPS) is 33.5. The fourth-order valence-corrected chi connectivity index (χ4v) is 3.16. The molecule has 100 valence electrons. The number of hydrogen-bond acceptors (Lipinski definition) is 3. The van der Waals surface area contributed by atoms with Gasteiger partial charge in [0, 0.05) is 18.6 Å². The SMILES string of the molecule is CC(CNC1CCCCCC1O)N1CCCC1. The Labute approximate surface area is 106 Å². The first-order chi connectivity index (χ1) is 8.27. The summed E-state index contributed by atoms with van der Waals surface area (Å²) in [5, 5.41) is 13.6. The molecule has 1 saturated carbocycles. The van der Waals surface area contributed by atoms with E-state index in [-0.39, 0.29) is 6.10 Å². The molecule has 0 aromatic rings. The van der Waals surface area contributed by atoms with E-state index in [1.807, 2.05) is 0 Å². The Bertz CT molecular complexity index is 216. The summed E-state index contributed by atoms with van der Waals surface area (Å²) in [6, 6.07) is 0.954. The van der Waals surface area contributed by atoms with Gasteiger partial charge >= 0.3 is 0 Å². The van der Waals surface area contributed by atoms with Crippen molar-refractivity contribution < 1.29 is 5.11 Å². The smallest absolute Gasteiger partial charge is 0.0693 e. The molecule has 2 rings (SSSR count). The van der Waals surface area contributed by atoms with Gasteiger partial charge in [0.05, 0.1) is 6.10 Å². The van der Waals surface area contributed by atoms with Gasteiger partial charge in [0.2, 0.25) is 0 Å². The molecule has 1 saturated heterocycles. The van der Waals surface area contributed by atoms with Crippen molar-refractivity contribution in [2.45, 2.75) is 70.1 Å². The Kier molecular flexibility index (Phi) is 5.26. The maximum atomic E-state index is 10.1. The molecular weight excluding hydrogens is 212 g/mol. The Morgan fingerprint density at radius 2 is 1.82 bits per heavy atom. The van der Waals surface area contributed by atoms with Crippen LogP contribution in [0.1, 0.15) is 51.9 Å². The van der Waals surface area contributed by atoms with Gasteiger partial charge in [-0.05, 0) is 45.7 Å². The van der Waals surface area contributed by atoms with Crippen molar-refractivity contribution in [3.63, 3.8) is 0 Å². The summed E-state index contributed by atoms with van der Waals surface area (Å²) in [6.45, 7) is 5.86. The molecule has 3 atom stereocenters. The van der Waals surface area contributed by atoms with Crippen LogP contribution in [0.3, 0.4) is 0 Å². The summed E-state index contributed by atoms with van der Waals surface area (Å²) in [6.07, 6.45) is 8.48. The summed E-state index contributed by atoms with van der Waals surface area (Å²) < 4.78 is 0. The van der Waals surface area contributed by atoms with Crippen LogP contribution >= 0.6 is 0 Å². The number of likely N-dealkylation sites (tertiary alicyclic amines) is 1. The van der Waals surface area contributed by atoms with E-state index in [2.05, 4.69) is 17.1 Å². The predicted octanol–water partition coefficient (Wildman–Crippen LogP) is 1.75. The van der Waals surface area contributed by atoms with Crippen LogP contribution in [0, 0.1) is 0 Å². The van der Waals surface area contributed by atoms with E-state index >= 15 is 0 Å². The maximum Gasteiger partial charge on any atom is 0.0693 e.